The second kappa shape index (κ2) is 7.68. The highest BCUT2D eigenvalue weighted by Crippen LogP contribution is 2.24. The van der Waals surface area contributed by atoms with Crippen LogP contribution in [0.1, 0.15) is 47.1 Å². The molecule has 0 bridgehead atoms. The Morgan fingerprint density at radius 2 is 1.68 bits per heavy atom. The summed E-state index contributed by atoms with van der Waals surface area (Å²) in [5.74, 6) is 0.527. The van der Waals surface area contributed by atoms with E-state index < -0.39 is 5.66 Å². The molecule has 1 unspecified atom stereocenters. The summed E-state index contributed by atoms with van der Waals surface area (Å²) in [6.07, 6.45) is 0. The lowest BCUT2D eigenvalue weighted by atomic mass is 10.0. The van der Waals surface area contributed by atoms with E-state index in [1.165, 1.54) is 0 Å². The van der Waals surface area contributed by atoms with Crippen LogP contribution in [0.5, 0.6) is 0 Å². The first kappa shape index (κ1) is 18.6. The quantitative estimate of drug-likeness (QED) is 0.630. The molecule has 1 atom stereocenters. The molecule has 22 heavy (non-hydrogen) atoms. The van der Waals surface area contributed by atoms with E-state index in [9.17, 15) is 0 Å². The predicted octanol–water partition coefficient (Wildman–Crippen LogP) is 4.23. The first-order valence-corrected chi connectivity index (χ1v) is 8.09. The number of hydrogen-bond acceptors (Lipinski definition) is 3. The molecule has 0 heterocycles. The van der Waals surface area contributed by atoms with Crippen LogP contribution in [0.15, 0.2) is 40.6 Å². The summed E-state index contributed by atoms with van der Waals surface area (Å²) in [5.41, 5.74) is 0.108. The molecule has 0 radical (unpaired) electrons. The van der Waals surface area contributed by atoms with Crippen molar-refractivity contribution in [3.05, 3.63) is 35.9 Å². The number of rotatable bonds is 5. The molecule has 0 aromatic heterocycles. The molecular weight excluding hydrogens is 292 g/mol. The Kier molecular flexibility index (Phi) is 6.48. The molecule has 0 fully saturated rings. The van der Waals surface area contributed by atoms with Gasteiger partial charge in [0, 0.05) is 12.1 Å². The molecule has 122 valence electrons. The highest BCUT2D eigenvalue weighted by atomic mass is 32.1. The Balaban J connectivity index is 2.97. The van der Waals surface area contributed by atoms with Crippen molar-refractivity contribution in [2.45, 2.75) is 52.7 Å². The monoisotopic (exact) mass is 320 g/mol. The molecule has 0 spiro atoms. The topological polar surface area (TPSA) is 48.8 Å². The first-order chi connectivity index (χ1) is 10.1. The highest BCUT2D eigenvalue weighted by molar-refractivity contribution is 7.80. The summed E-state index contributed by atoms with van der Waals surface area (Å²) < 4.78 is 0. The van der Waals surface area contributed by atoms with Crippen LogP contribution in [0.4, 0.5) is 0 Å². The third-order valence-electron chi connectivity index (χ3n) is 2.91. The van der Waals surface area contributed by atoms with Gasteiger partial charge in [-0.25, -0.2) is 0 Å². The standard InChI is InChI=1S/C17H28N4S/c1-13(2)12-18-15(22)19-17(6,21-20-16(3,4)5)14-10-8-7-9-11-14/h7-11,13H,12H2,1-6H3,(H2,18,19,22)/b21-20+. The van der Waals surface area contributed by atoms with Crippen LogP contribution in [-0.4, -0.2) is 17.2 Å². The maximum atomic E-state index is 5.40. The molecule has 1 aromatic carbocycles. The van der Waals surface area contributed by atoms with Gasteiger partial charge in [0.05, 0.1) is 5.54 Å². The molecule has 1 aromatic rings. The summed E-state index contributed by atoms with van der Waals surface area (Å²) in [4.78, 5) is 0. The molecule has 4 nitrogen and oxygen atoms in total. The second-order valence-corrected chi connectivity index (χ2v) is 7.45. The van der Waals surface area contributed by atoms with Gasteiger partial charge < -0.3 is 10.6 Å². The first-order valence-electron chi connectivity index (χ1n) is 7.68. The zero-order valence-corrected chi connectivity index (χ0v) is 15.3. The smallest absolute Gasteiger partial charge is 0.174 e. The van der Waals surface area contributed by atoms with Crippen LogP contribution in [0.2, 0.25) is 0 Å². The summed E-state index contributed by atoms with van der Waals surface area (Å²) in [7, 11) is 0. The van der Waals surface area contributed by atoms with Crippen LogP contribution in [-0.2, 0) is 5.66 Å². The maximum Gasteiger partial charge on any atom is 0.174 e. The zero-order valence-electron chi connectivity index (χ0n) is 14.5. The number of benzene rings is 1. The van der Waals surface area contributed by atoms with Gasteiger partial charge in [-0.2, -0.15) is 10.2 Å². The number of hydrogen-bond donors (Lipinski definition) is 2. The molecule has 0 saturated carbocycles. The van der Waals surface area contributed by atoms with Crippen molar-refractivity contribution in [1.82, 2.24) is 10.6 Å². The molecule has 2 N–H and O–H groups in total. The Morgan fingerprint density at radius 3 is 2.18 bits per heavy atom. The average Bonchev–Trinajstić information content (AvgIpc) is 2.43. The van der Waals surface area contributed by atoms with Gasteiger partial charge in [-0.3, -0.25) is 0 Å². The van der Waals surface area contributed by atoms with E-state index in [1.807, 2.05) is 58.0 Å². The number of azo groups is 1. The molecule has 0 amide bonds. The molecule has 5 heteroatoms. The fourth-order valence-electron chi connectivity index (χ4n) is 1.73. The van der Waals surface area contributed by atoms with Gasteiger partial charge in [0.15, 0.2) is 10.8 Å². The van der Waals surface area contributed by atoms with Crippen molar-refractivity contribution < 1.29 is 0 Å². The van der Waals surface area contributed by atoms with E-state index in [-0.39, 0.29) is 5.54 Å². The van der Waals surface area contributed by atoms with E-state index >= 15 is 0 Å². The number of nitrogens with one attached hydrogen (secondary N) is 2. The van der Waals surface area contributed by atoms with Gasteiger partial charge in [-0.05, 0) is 45.8 Å². The van der Waals surface area contributed by atoms with Crippen molar-refractivity contribution in [2.24, 2.45) is 16.1 Å². The minimum atomic E-state index is -0.685. The summed E-state index contributed by atoms with van der Waals surface area (Å²) in [6.45, 7) is 13.2. The number of thiocarbonyl (C=S) groups is 1. The van der Waals surface area contributed by atoms with Crippen LogP contribution in [0.25, 0.3) is 0 Å². The molecule has 0 saturated heterocycles. The third-order valence-corrected chi connectivity index (χ3v) is 3.16. The highest BCUT2D eigenvalue weighted by Gasteiger charge is 2.28. The minimum absolute atomic E-state index is 0.231. The zero-order chi connectivity index (χ0) is 16.8. The predicted molar refractivity (Wildman–Crippen MR) is 97.0 cm³/mol. The molecule has 0 aliphatic heterocycles. The lowest BCUT2D eigenvalue weighted by molar-refractivity contribution is 0.394. The average molecular weight is 321 g/mol. The largest absolute Gasteiger partial charge is 0.362 e. The summed E-state index contributed by atoms with van der Waals surface area (Å²) in [5, 5.41) is 16.1. The van der Waals surface area contributed by atoms with Crippen LogP contribution in [0, 0.1) is 5.92 Å². The van der Waals surface area contributed by atoms with Gasteiger partial charge in [0.25, 0.3) is 0 Å². The van der Waals surface area contributed by atoms with Gasteiger partial charge in [0.1, 0.15) is 0 Å². The minimum Gasteiger partial charge on any atom is -0.362 e. The van der Waals surface area contributed by atoms with Crippen molar-refractivity contribution in [2.75, 3.05) is 6.54 Å². The van der Waals surface area contributed by atoms with E-state index in [4.69, 9.17) is 12.2 Å². The van der Waals surface area contributed by atoms with Crippen molar-refractivity contribution in [1.29, 1.82) is 0 Å². The maximum absolute atomic E-state index is 5.40. The Hall–Kier alpha value is -1.49. The molecular formula is C17H28N4S. The Morgan fingerprint density at radius 1 is 1.09 bits per heavy atom. The van der Waals surface area contributed by atoms with Gasteiger partial charge in [0.2, 0.25) is 0 Å². The lowest BCUT2D eigenvalue weighted by Crippen LogP contribution is -2.47. The van der Waals surface area contributed by atoms with Crippen molar-refractivity contribution in [3.63, 3.8) is 0 Å². The van der Waals surface area contributed by atoms with Gasteiger partial charge in [-0.15, -0.1) is 0 Å². The fraction of sp³-hybridized carbons (Fsp3) is 0.588. The second-order valence-electron chi connectivity index (χ2n) is 7.04. The summed E-state index contributed by atoms with van der Waals surface area (Å²) in [6, 6.07) is 10.0. The SMILES string of the molecule is CC(C)CNC(=S)NC(C)(/N=N/C(C)(C)C)c1ccccc1. The van der Waals surface area contributed by atoms with E-state index in [0.29, 0.717) is 11.0 Å². The summed E-state index contributed by atoms with van der Waals surface area (Å²) >= 11 is 5.40. The Labute approximate surface area is 139 Å². The van der Waals surface area contributed by atoms with Crippen LogP contribution < -0.4 is 10.6 Å². The fourth-order valence-corrected chi connectivity index (χ4v) is 2.01. The van der Waals surface area contributed by atoms with E-state index in [0.717, 1.165) is 12.1 Å². The third kappa shape index (κ3) is 6.52. The van der Waals surface area contributed by atoms with Gasteiger partial charge in [-0.1, -0.05) is 44.2 Å². The molecule has 1 rings (SSSR count). The molecule has 0 aliphatic rings. The van der Waals surface area contributed by atoms with Crippen molar-refractivity contribution in [3.8, 4) is 0 Å². The van der Waals surface area contributed by atoms with Crippen LogP contribution >= 0.6 is 12.2 Å². The molecule has 0 aliphatic carbocycles. The lowest BCUT2D eigenvalue weighted by Gasteiger charge is -2.29. The number of nitrogens with zero attached hydrogens (tertiary/aromatic N) is 2. The van der Waals surface area contributed by atoms with E-state index in [1.54, 1.807) is 0 Å². The van der Waals surface area contributed by atoms with E-state index in [2.05, 4.69) is 34.7 Å². The normalized spacial score (nSPS) is 14.9. The van der Waals surface area contributed by atoms with Gasteiger partial charge >= 0.3 is 0 Å². The van der Waals surface area contributed by atoms with Crippen LogP contribution in [0.3, 0.4) is 0 Å². The van der Waals surface area contributed by atoms with Crippen molar-refractivity contribution >= 4 is 17.3 Å². The Bertz CT molecular complexity index is 505.